The third kappa shape index (κ3) is 5.47. The zero-order valence-corrected chi connectivity index (χ0v) is 18.4. The second-order valence-corrected chi connectivity index (χ2v) is 8.62. The smallest absolute Gasteiger partial charge is 0.434 e. The number of carbonyl (C=O) groups is 1. The summed E-state index contributed by atoms with van der Waals surface area (Å²) < 4.78 is 62.2. The van der Waals surface area contributed by atoms with Crippen molar-refractivity contribution in [2.45, 2.75) is 51.3 Å². The molecule has 2 aromatic heterocycles. The minimum absolute atomic E-state index is 0.0368. The van der Waals surface area contributed by atoms with E-state index in [2.05, 4.69) is 19.7 Å². The number of amides is 1. The topological polar surface area (TPSA) is 77.0 Å². The molecule has 0 aliphatic heterocycles. The number of ether oxygens (including phenoxy) is 1. The molecule has 1 aliphatic rings. The summed E-state index contributed by atoms with van der Waals surface area (Å²) in [7, 11) is 0. The van der Waals surface area contributed by atoms with E-state index >= 15 is 0 Å². The van der Waals surface area contributed by atoms with Gasteiger partial charge in [-0.2, -0.15) is 17.5 Å². The Balaban J connectivity index is 1.50. The molecule has 1 N–H and O–H groups in total. The molecule has 33 heavy (non-hydrogen) atoms. The van der Waals surface area contributed by atoms with Crippen molar-refractivity contribution < 1.29 is 27.1 Å². The summed E-state index contributed by atoms with van der Waals surface area (Å²) >= 11 is 1.06. The van der Waals surface area contributed by atoms with Gasteiger partial charge in [-0.05, 0) is 56.3 Å². The van der Waals surface area contributed by atoms with E-state index < -0.39 is 23.6 Å². The third-order valence-corrected chi connectivity index (χ3v) is 6.22. The quantitative estimate of drug-likeness (QED) is 0.467. The molecular weight excluding hydrogens is 460 g/mol. The molecule has 6 nitrogen and oxygen atoms in total. The molecule has 0 saturated heterocycles. The van der Waals surface area contributed by atoms with Gasteiger partial charge in [0, 0.05) is 29.2 Å². The fourth-order valence-electron chi connectivity index (χ4n) is 3.64. The standard InChI is InChI=1S/C22H20F4N4O2S/c1-12-20(18(33-30-12)9-14-10-28-19(11-27-14)22(24,25)26)21(31)29-13-6-7-16(23)17(8-13)32-15-4-2-3-5-15/h6-8,10-11,15H,2-5,9H2,1H3,(H,29,31). The molecule has 0 spiro atoms. The number of nitrogens with zero attached hydrogens (tertiary/aromatic N) is 3. The lowest BCUT2D eigenvalue weighted by Crippen LogP contribution is -2.16. The summed E-state index contributed by atoms with van der Waals surface area (Å²) in [6.07, 6.45) is 0.993. The van der Waals surface area contributed by atoms with Gasteiger partial charge >= 0.3 is 6.18 Å². The molecule has 2 heterocycles. The predicted molar refractivity (Wildman–Crippen MR) is 114 cm³/mol. The van der Waals surface area contributed by atoms with Gasteiger partial charge in [0.25, 0.3) is 5.91 Å². The van der Waals surface area contributed by atoms with Crippen molar-refractivity contribution in [3.8, 4) is 5.75 Å². The van der Waals surface area contributed by atoms with Gasteiger partial charge in [-0.1, -0.05) is 0 Å². The van der Waals surface area contributed by atoms with Crippen LogP contribution >= 0.6 is 11.5 Å². The van der Waals surface area contributed by atoms with Crippen LogP contribution in [0, 0.1) is 12.7 Å². The van der Waals surface area contributed by atoms with Gasteiger partial charge in [-0.15, -0.1) is 0 Å². The zero-order valence-electron chi connectivity index (χ0n) is 17.6. The SMILES string of the molecule is Cc1nsc(Cc2cnc(C(F)(F)F)cn2)c1C(=O)Nc1ccc(F)c(OC2CCCC2)c1. The number of anilines is 1. The molecule has 1 aromatic carbocycles. The van der Waals surface area contributed by atoms with Crippen LogP contribution in [0.3, 0.4) is 0 Å². The average Bonchev–Trinajstić information content (AvgIpc) is 3.40. The molecule has 11 heteroatoms. The van der Waals surface area contributed by atoms with Crippen LogP contribution in [-0.4, -0.2) is 26.4 Å². The second-order valence-electron chi connectivity index (χ2n) is 7.76. The molecule has 0 atom stereocenters. The van der Waals surface area contributed by atoms with Crippen LogP contribution in [-0.2, 0) is 12.6 Å². The van der Waals surface area contributed by atoms with Crippen molar-refractivity contribution in [3.05, 3.63) is 63.9 Å². The minimum Gasteiger partial charge on any atom is -0.487 e. The number of halogens is 4. The summed E-state index contributed by atoms with van der Waals surface area (Å²) in [6.45, 7) is 1.66. The lowest BCUT2D eigenvalue weighted by atomic mass is 10.1. The Labute approximate surface area is 191 Å². The maximum atomic E-state index is 14.2. The fraction of sp³-hybridized carbons (Fsp3) is 0.364. The number of benzene rings is 1. The highest BCUT2D eigenvalue weighted by Crippen LogP contribution is 2.30. The third-order valence-electron chi connectivity index (χ3n) is 5.28. The summed E-state index contributed by atoms with van der Waals surface area (Å²) in [5.74, 6) is -0.885. The highest BCUT2D eigenvalue weighted by Gasteiger charge is 2.32. The highest BCUT2D eigenvalue weighted by molar-refractivity contribution is 7.06. The fourth-order valence-corrected chi connectivity index (χ4v) is 4.52. The van der Waals surface area contributed by atoms with E-state index in [0.29, 0.717) is 28.0 Å². The van der Waals surface area contributed by atoms with Crippen LogP contribution in [0.15, 0.2) is 30.6 Å². The minimum atomic E-state index is -4.58. The van der Waals surface area contributed by atoms with Crippen LogP contribution in [0.4, 0.5) is 23.2 Å². The Morgan fingerprint density at radius 1 is 1.21 bits per heavy atom. The number of rotatable bonds is 6. The number of aryl methyl sites for hydroxylation is 1. The summed E-state index contributed by atoms with van der Waals surface area (Å²) in [4.78, 5) is 20.7. The largest absolute Gasteiger partial charge is 0.487 e. The van der Waals surface area contributed by atoms with Gasteiger partial charge < -0.3 is 10.1 Å². The molecule has 0 radical (unpaired) electrons. The Morgan fingerprint density at radius 3 is 2.64 bits per heavy atom. The van der Waals surface area contributed by atoms with Crippen molar-refractivity contribution >= 4 is 23.1 Å². The van der Waals surface area contributed by atoms with Gasteiger partial charge in [0.2, 0.25) is 0 Å². The monoisotopic (exact) mass is 480 g/mol. The number of aromatic nitrogens is 3. The first-order valence-corrected chi connectivity index (χ1v) is 11.1. The molecule has 1 fully saturated rings. The first-order valence-electron chi connectivity index (χ1n) is 10.3. The van der Waals surface area contributed by atoms with Crippen LogP contribution in [0.25, 0.3) is 0 Å². The number of alkyl halides is 3. The first-order chi connectivity index (χ1) is 15.7. The highest BCUT2D eigenvalue weighted by atomic mass is 32.1. The number of hydrogen-bond donors (Lipinski definition) is 1. The number of carbonyl (C=O) groups excluding carboxylic acids is 1. The van der Waals surface area contributed by atoms with Crippen LogP contribution in [0.1, 0.15) is 58.0 Å². The molecule has 1 aliphatic carbocycles. The molecule has 1 amide bonds. The molecule has 0 unspecified atom stereocenters. The summed E-state index contributed by atoms with van der Waals surface area (Å²) in [6, 6.07) is 4.11. The molecule has 3 aromatic rings. The van der Waals surface area contributed by atoms with E-state index in [-0.39, 0.29) is 24.0 Å². The van der Waals surface area contributed by atoms with Gasteiger partial charge in [0.05, 0.1) is 29.3 Å². The Morgan fingerprint density at radius 2 is 1.97 bits per heavy atom. The van der Waals surface area contributed by atoms with Crippen LogP contribution in [0.5, 0.6) is 5.75 Å². The molecule has 4 rings (SSSR count). The van der Waals surface area contributed by atoms with Gasteiger partial charge in [0.1, 0.15) is 0 Å². The lowest BCUT2D eigenvalue weighted by Gasteiger charge is -2.15. The first kappa shape index (κ1) is 23.1. The van der Waals surface area contributed by atoms with E-state index in [1.165, 1.54) is 18.2 Å². The number of nitrogens with one attached hydrogen (secondary N) is 1. The Bertz CT molecular complexity index is 1140. The van der Waals surface area contributed by atoms with E-state index in [1.807, 2.05) is 0 Å². The summed E-state index contributed by atoms with van der Waals surface area (Å²) in [5, 5.41) is 2.73. The molecular formula is C22H20F4N4O2S. The normalized spacial score (nSPS) is 14.5. The van der Waals surface area contributed by atoms with E-state index in [9.17, 15) is 22.4 Å². The molecule has 0 bridgehead atoms. The van der Waals surface area contributed by atoms with Gasteiger partial charge in [-0.3, -0.25) is 9.78 Å². The number of hydrogen-bond acceptors (Lipinski definition) is 6. The Kier molecular flexibility index (Phi) is 6.59. The van der Waals surface area contributed by atoms with Crippen molar-refractivity contribution in [1.82, 2.24) is 14.3 Å². The van der Waals surface area contributed by atoms with Crippen molar-refractivity contribution in [2.75, 3.05) is 5.32 Å². The maximum Gasteiger partial charge on any atom is 0.434 e. The Hall–Kier alpha value is -3.08. The van der Waals surface area contributed by atoms with Crippen LogP contribution < -0.4 is 10.1 Å². The molecule has 1 saturated carbocycles. The van der Waals surface area contributed by atoms with Crippen molar-refractivity contribution in [3.63, 3.8) is 0 Å². The maximum absolute atomic E-state index is 14.2. The summed E-state index contributed by atoms with van der Waals surface area (Å²) in [5.41, 5.74) is 0.313. The average molecular weight is 480 g/mol. The van der Waals surface area contributed by atoms with E-state index in [4.69, 9.17) is 4.74 Å². The zero-order chi connectivity index (χ0) is 23.6. The molecule has 174 valence electrons. The predicted octanol–water partition coefficient (Wildman–Crippen LogP) is 5.56. The lowest BCUT2D eigenvalue weighted by molar-refractivity contribution is -0.141. The van der Waals surface area contributed by atoms with E-state index in [0.717, 1.165) is 43.4 Å². The van der Waals surface area contributed by atoms with E-state index in [1.54, 1.807) is 6.92 Å². The second kappa shape index (κ2) is 9.42. The van der Waals surface area contributed by atoms with Crippen molar-refractivity contribution in [1.29, 1.82) is 0 Å². The van der Waals surface area contributed by atoms with Crippen molar-refractivity contribution in [2.24, 2.45) is 0 Å². The van der Waals surface area contributed by atoms with Crippen LogP contribution in [0.2, 0.25) is 0 Å². The van der Waals surface area contributed by atoms with Gasteiger partial charge in [-0.25, -0.2) is 9.37 Å². The van der Waals surface area contributed by atoms with Gasteiger partial charge in [0.15, 0.2) is 17.3 Å².